The van der Waals surface area contributed by atoms with Crippen LogP contribution < -0.4 is 10.2 Å². The van der Waals surface area contributed by atoms with Gasteiger partial charge >= 0.3 is 12.2 Å². The van der Waals surface area contributed by atoms with Gasteiger partial charge in [0, 0.05) is 13.2 Å². The summed E-state index contributed by atoms with van der Waals surface area (Å²) in [7, 11) is 0. The first-order valence-electron chi connectivity index (χ1n) is 11.5. The molecule has 3 aliphatic rings. The van der Waals surface area contributed by atoms with Crippen LogP contribution in [0, 0.1) is 16.7 Å². The molecule has 0 bridgehead atoms. The molecule has 2 amide bonds. The first-order chi connectivity index (χ1) is 16.7. The van der Waals surface area contributed by atoms with Crippen molar-refractivity contribution in [3.05, 3.63) is 29.3 Å². The van der Waals surface area contributed by atoms with Gasteiger partial charge in [-0.2, -0.15) is 18.4 Å². The van der Waals surface area contributed by atoms with E-state index in [-0.39, 0.29) is 24.7 Å². The Kier molecular flexibility index (Phi) is 7.61. The van der Waals surface area contributed by atoms with Gasteiger partial charge in [0.05, 0.1) is 36.1 Å². The molecule has 2 N–H and O–H groups in total. The van der Waals surface area contributed by atoms with Crippen molar-refractivity contribution in [1.29, 1.82) is 10.7 Å². The number of ether oxygens (including phenoxy) is 4. The van der Waals surface area contributed by atoms with Crippen LogP contribution in [0.1, 0.15) is 49.7 Å². The van der Waals surface area contributed by atoms with E-state index in [0.29, 0.717) is 32.1 Å². The number of alkyl halides is 3. The summed E-state index contributed by atoms with van der Waals surface area (Å²) < 4.78 is 63.5. The van der Waals surface area contributed by atoms with Gasteiger partial charge in [-0.25, -0.2) is 9.69 Å². The van der Waals surface area contributed by atoms with Crippen LogP contribution in [-0.2, 0) is 25.1 Å². The van der Waals surface area contributed by atoms with Gasteiger partial charge < -0.3 is 24.3 Å². The Balaban J connectivity index is 1.60. The fourth-order valence-electron chi connectivity index (χ4n) is 4.29. The Labute approximate surface area is 200 Å². The molecule has 35 heavy (non-hydrogen) atoms. The Morgan fingerprint density at radius 1 is 1.11 bits per heavy atom. The molecule has 0 saturated carbocycles. The second-order valence-electron chi connectivity index (χ2n) is 8.75. The number of carbonyl (C=O) groups excluding carboxylic acids is 1. The molecule has 0 aromatic heterocycles. The lowest BCUT2D eigenvalue weighted by Gasteiger charge is -2.33. The minimum Gasteiger partial charge on any atom is -0.353 e. The number of hydrogen-bond donors (Lipinski definition) is 2. The van der Waals surface area contributed by atoms with E-state index < -0.39 is 41.5 Å². The Morgan fingerprint density at radius 3 is 2.20 bits per heavy atom. The average Bonchev–Trinajstić information content (AvgIpc) is 3.11. The molecular weight excluding hydrogens is 469 g/mol. The predicted octanol–water partition coefficient (Wildman–Crippen LogP) is 3.91. The van der Waals surface area contributed by atoms with E-state index in [0.717, 1.165) is 36.6 Å². The van der Waals surface area contributed by atoms with Gasteiger partial charge in [-0.05, 0) is 56.7 Å². The van der Waals surface area contributed by atoms with E-state index >= 15 is 0 Å². The van der Waals surface area contributed by atoms with E-state index in [4.69, 9.17) is 29.6 Å². The molecule has 12 heteroatoms. The summed E-state index contributed by atoms with van der Waals surface area (Å²) in [5.41, 5.74) is -3.42. The smallest absolute Gasteiger partial charge is 0.353 e. The topological polar surface area (TPSA) is 117 Å². The number of nitrogens with zero attached hydrogens (tertiary/aromatic N) is 2. The highest BCUT2D eigenvalue weighted by atomic mass is 19.4. The number of halogens is 3. The van der Waals surface area contributed by atoms with E-state index in [1.54, 1.807) is 0 Å². The molecule has 190 valence electrons. The van der Waals surface area contributed by atoms with Crippen molar-refractivity contribution in [2.75, 3.05) is 31.3 Å². The quantitative estimate of drug-likeness (QED) is 0.591. The predicted molar refractivity (Wildman–Crippen MR) is 117 cm³/mol. The van der Waals surface area contributed by atoms with Gasteiger partial charge in [0.1, 0.15) is 11.4 Å². The van der Waals surface area contributed by atoms with Crippen LogP contribution in [0.15, 0.2) is 18.2 Å². The van der Waals surface area contributed by atoms with Crippen LogP contribution in [0.3, 0.4) is 0 Å². The third kappa shape index (κ3) is 5.59. The molecule has 2 unspecified atom stereocenters. The van der Waals surface area contributed by atoms with Gasteiger partial charge in [-0.3, -0.25) is 5.41 Å². The number of anilines is 1. The summed E-state index contributed by atoms with van der Waals surface area (Å²) in [6, 6.07) is 3.59. The molecule has 3 heterocycles. The van der Waals surface area contributed by atoms with Gasteiger partial charge in [-0.15, -0.1) is 0 Å². The third-order valence-electron chi connectivity index (χ3n) is 6.22. The van der Waals surface area contributed by atoms with Crippen molar-refractivity contribution in [2.45, 2.75) is 62.8 Å². The van der Waals surface area contributed by atoms with E-state index in [2.05, 4.69) is 5.32 Å². The average molecular weight is 496 g/mol. The summed E-state index contributed by atoms with van der Waals surface area (Å²) >= 11 is 0. The van der Waals surface area contributed by atoms with E-state index in [1.807, 2.05) is 0 Å². The molecule has 0 radical (unpaired) electrons. The largest absolute Gasteiger partial charge is 0.417 e. The maximum absolute atomic E-state index is 13.5. The number of rotatable bonds is 7. The minimum atomic E-state index is -4.81. The van der Waals surface area contributed by atoms with E-state index in [9.17, 15) is 18.0 Å². The van der Waals surface area contributed by atoms with Gasteiger partial charge in [-0.1, -0.05) is 0 Å². The van der Waals surface area contributed by atoms with Crippen molar-refractivity contribution < 1.29 is 36.9 Å². The standard InChI is InChI=1S/C23H27F3N4O5/c24-23(25,26)17-11-16(8-7-15(17)12-27)30-20(28)22(29-21(30)31,13-34-18-5-1-3-9-32-18)14-35-19-6-2-4-10-33-19/h7-8,11,18-19,28H,1-6,9-10,13-14H2,(H,29,31). The monoisotopic (exact) mass is 496 g/mol. The van der Waals surface area contributed by atoms with Crippen molar-refractivity contribution >= 4 is 17.6 Å². The summed E-state index contributed by atoms with van der Waals surface area (Å²) in [4.78, 5) is 13.8. The number of benzene rings is 1. The lowest BCUT2D eigenvalue weighted by atomic mass is 10.0. The number of urea groups is 1. The van der Waals surface area contributed by atoms with E-state index in [1.165, 1.54) is 12.1 Å². The zero-order valence-electron chi connectivity index (χ0n) is 19.0. The molecule has 1 aromatic carbocycles. The molecular formula is C23H27F3N4O5. The fraction of sp³-hybridized carbons (Fsp3) is 0.609. The number of amides is 2. The lowest BCUT2D eigenvalue weighted by molar-refractivity contribution is -0.189. The molecule has 9 nitrogen and oxygen atoms in total. The molecule has 3 saturated heterocycles. The summed E-state index contributed by atoms with van der Waals surface area (Å²) in [5, 5.41) is 20.6. The number of amidine groups is 1. The molecule has 3 fully saturated rings. The van der Waals surface area contributed by atoms with Crippen molar-refractivity contribution in [3.63, 3.8) is 0 Å². The number of carbonyl (C=O) groups is 1. The highest BCUT2D eigenvalue weighted by molar-refractivity contribution is 6.24. The Morgan fingerprint density at radius 2 is 1.71 bits per heavy atom. The van der Waals surface area contributed by atoms with Gasteiger partial charge in [0.25, 0.3) is 0 Å². The highest BCUT2D eigenvalue weighted by Crippen LogP contribution is 2.36. The second-order valence-corrected chi connectivity index (χ2v) is 8.75. The van der Waals surface area contributed by atoms with Crippen LogP contribution in [0.4, 0.5) is 23.7 Å². The first kappa shape index (κ1) is 25.4. The summed E-state index contributed by atoms with van der Waals surface area (Å²) in [6.45, 7) is 0.721. The van der Waals surface area contributed by atoms with Crippen LogP contribution in [0.25, 0.3) is 0 Å². The zero-order chi connectivity index (χ0) is 25.1. The Hall–Kier alpha value is -2.72. The van der Waals surface area contributed by atoms with Crippen LogP contribution in [0.5, 0.6) is 0 Å². The van der Waals surface area contributed by atoms with Crippen LogP contribution >= 0.6 is 0 Å². The molecule has 0 aliphatic carbocycles. The Bertz CT molecular complexity index is 962. The molecule has 3 aliphatic heterocycles. The first-order valence-corrected chi connectivity index (χ1v) is 11.5. The molecule has 1 aromatic rings. The maximum atomic E-state index is 13.5. The number of nitriles is 1. The lowest BCUT2D eigenvalue weighted by Crippen LogP contribution is -2.56. The van der Waals surface area contributed by atoms with Crippen LogP contribution in [-0.4, -0.2) is 56.4 Å². The second kappa shape index (κ2) is 10.5. The molecule has 4 rings (SSSR count). The fourth-order valence-corrected chi connectivity index (χ4v) is 4.29. The highest BCUT2D eigenvalue weighted by Gasteiger charge is 2.51. The summed E-state index contributed by atoms with van der Waals surface area (Å²) in [5.74, 6) is -0.327. The van der Waals surface area contributed by atoms with Gasteiger partial charge in [0.15, 0.2) is 12.6 Å². The van der Waals surface area contributed by atoms with Crippen LogP contribution in [0.2, 0.25) is 0 Å². The minimum absolute atomic E-state index is 0.173. The zero-order valence-corrected chi connectivity index (χ0v) is 19.0. The third-order valence-corrected chi connectivity index (χ3v) is 6.22. The van der Waals surface area contributed by atoms with Crippen molar-refractivity contribution in [2.24, 2.45) is 0 Å². The number of hydrogen-bond acceptors (Lipinski definition) is 7. The SMILES string of the molecule is N#Cc1ccc(N2C(=N)C(COC3CCCCO3)(COC3CCCCO3)NC2=O)cc1C(F)(F)F. The normalized spacial score (nSPS) is 27.5. The summed E-state index contributed by atoms with van der Waals surface area (Å²) in [6.07, 6.45) is -0.900. The van der Waals surface area contributed by atoms with Crippen molar-refractivity contribution in [1.82, 2.24) is 5.32 Å². The number of nitrogens with one attached hydrogen (secondary N) is 2. The molecule has 2 atom stereocenters. The molecule has 0 spiro atoms. The maximum Gasteiger partial charge on any atom is 0.417 e. The van der Waals surface area contributed by atoms with Crippen molar-refractivity contribution in [3.8, 4) is 6.07 Å². The van der Waals surface area contributed by atoms with Gasteiger partial charge in [0.2, 0.25) is 0 Å².